The first-order valence-electron chi connectivity index (χ1n) is 6.58. The van der Waals surface area contributed by atoms with Gasteiger partial charge in [0, 0.05) is 0 Å². The molecule has 1 aromatic carbocycles. The van der Waals surface area contributed by atoms with Crippen LogP contribution >= 0.6 is 0 Å². The lowest BCUT2D eigenvalue weighted by molar-refractivity contribution is -0.137. The summed E-state index contributed by atoms with van der Waals surface area (Å²) >= 11 is 0. The van der Waals surface area contributed by atoms with Crippen LogP contribution in [-0.4, -0.2) is 18.5 Å². The van der Waals surface area contributed by atoms with Gasteiger partial charge in [-0.2, -0.15) is 13.2 Å². The third kappa shape index (κ3) is 3.50. The van der Waals surface area contributed by atoms with Gasteiger partial charge in [-0.3, -0.25) is 4.79 Å². The summed E-state index contributed by atoms with van der Waals surface area (Å²) in [4.78, 5) is 12.1. The van der Waals surface area contributed by atoms with E-state index in [0.717, 1.165) is 12.5 Å². The third-order valence-electron chi connectivity index (χ3n) is 3.47. The SMILES string of the molecule is CC1CCNC(C(=O)Nc2ccccc2C(F)(F)F)C1. The molecule has 0 spiro atoms. The van der Waals surface area contributed by atoms with Crippen LogP contribution in [0.3, 0.4) is 0 Å². The zero-order valence-electron chi connectivity index (χ0n) is 11.1. The van der Waals surface area contributed by atoms with Gasteiger partial charge in [-0.25, -0.2) is 0 Å². The minimum atomic E-state index is -4.48. The molecule has 1 fully saturated rings. The minimum absolute atomic E-state index is 0.190. The van der Waals surface area contributed by atoms with Crippen LogP contribution in [0, 0.1) is 5.92 Å². The Labute approximate surface area is 115 Å². The van der Waals surface area contributed by atoms with Gasteiger partial charge < -0.3 is 10.6 Å². The fraction of sp³-hybridized carbons (Fsp3) is 0.500. The molecule has 0 saturated carbocycles. The maximum atomic E-state index is 12.8. The molecule has 110 valence electrons. The number of carbonyl (C=O) groups is 1. The number of alkyl halides is 3. The largest absolute Gasteiger partial charge is 0.418 e. The monoisotopic (exact) mass is 286 g/mol. The van der Waals surface area contributed by atoms with E-state index in [0.29, 0.717) is 18.9 Å². The molecule has 2 unspecified atom stereocenters. The Morgan fingerprint density at radius 3 is 2.70 bits per heavy atom. The van der Waals surface area contributed by atoms with Crippen molar-refractivity contribution in [2.75, 3.05) is 11.9 Å². The van der Waals surface area contributed by atoms with Crippen LogP contribution in [-0.2, 0) is 11.0 Å². The Hall–Kier alpha value is -1.56. The fourth-order valence-corrected chi connectivity index (χ4v) is 2.37. The van der Waals surface area contributed by atoms with Gasteiger partial charge in [-0.05, 0) is 37.4 Å². The van der Waals surface area contributed by atoms with Crippen molar-refractivity contribution in [3.05, 3.63) is 29.8 Å². The van der Waals surface area contributed by atoms with Crippen molar-refractivity contribution in [2.45, 2.75) is 32.0 Å². The molecule has 2 atom stereocenters. The highest BCUT2D eigenvalue weighted by molar-refractivity contribution is 5.95. The van der Waals surface area contributed by atoms with Crippen molar-refractivity contribution in [2.24, 2.45) is 5.92 Å². The fourth-order valence-electron chi connectivity index (χ4n) is 2.37. The van der Waals surface area contributed by atoms with Crippen LogP contribution < -0.4 is 10.6 Å². The molecule has 1 amide bonds. The molecule has 1 aliphatic rings. The predicted octanol–water partition coefficient (Wildman–Crippen LogP) is 3.03. The molecule has 1 saturated heterocycles. The van der Waals surface area contributed by atoms with Crippen molar-refractivity contribution in [3.8, 4) is 0 Å². The zero-order valence-corrected chi connectivity index (χ0v) is 11.1. The molecule has 1 aromatic rings. The standard InChI is InChI=1S/C14H17F3N2O/c1-9-6-7-18-12(8-9)13(20)19-11-5-3-2-4-10(11)14(15,16)17/h2-5,9,12,18H,6-8H2,1H3,(H,19,20). The third-order valence-corrected chi connectivity index (χ3v) is 3.47. The molecule has 0 bridgehead atoms. The van der Waals surface area contributed by atoms with Gasteiger partial charge in [0.05, 0.1) is 17.3 Å². The number of nitrogens with one attached hydrogen (secondary N) is 2. The van der Waals surface area contributed by atoms with Crippen molar-refractivity contribution in [3.63, 3.8) is 0 Å². The van der Waals surface area contributed by atoms with Crippen molar-refractivity contribution in [1.29, 1.82) is 0 Å². The van der Waals surface area contributed by atoms with Crippen LogP contribution in [0.5, 0.6) is 0 Å². The molecule has 20 heavy (non-hydrogen) atoms. The van der Waals surface area contributed by atoms with Gasteiger partial charge in [0.2, 0.25) is 5.91 Å². The van der Waals surface area contributed by atoms with Crippen molar-refractivity contribution in [1.82, 2.24) is 5.32 Å². The van der Waals surface area contributed by atoms with E-state index < -0.39 is 23.7 Å². The summed E-state index contributed by atoms with van der Waals surface area (Å²) in [6.07, 6.45) is -2.86. The number of hydrogen-bond acceptors (Lipinski definition) is 2. The number of benzene rings is 1. The Bertz CT molecular complexity index is 488. The van der Waals surface area contributed by atoms with Gasteiger partial charge in [0.25, 0.3) is 0 Å². The van der Waals surface area contributed by atoms with Crippen LogP contribution in [0.25, 0.3) is 0 Å². The number of rotatable bonds is 2. The van der Waals surface area contributed by atoms with E-state index >= 15 is 0 Å². The smallest absolute Gasteiger partial charge is 0.324 e. The normalized spacial score (nSPS) is 23.4. The average molecular weight is 286 g/mol. The molecule has 0 aliphatic carbocycles. The average Bonchev–Trinajstić information content (AvgIpc) is 2.38. The molecule has 3 nitrogen and oxygen atoms in total. The number of amides is 1. The highest BCUT2D eigenvalue weighted by Crippen LogP contribution is 2.34. The summed E-state index contributed by atoms with van der Waals surface area (Å²) in [7, 11) is 0. The molecule has 0 aromatic heterocycles. The first-order valence-corrected chi connectivity index (χ1v) is 6.58. The topological polar surface area (TPSA) is 41.1 Å². The first-order chi connectivity index (χ1) is 9.38. The van der Waals surface area contributed by atoms with Crippen LogP contribution in [0.4, 0.5) is 18.9 Å². The molecular formula is C14H17F3N2O. The van der Waals surface area contributed by atoms with Crippen molar-refractivity contribution >= 4 is 11.6 Å². The number of anilines is 1. The number of piperidine rings is 1. The van der Waals surface area contributed by atoms with Crippen LogP contribution in [0.1, 0.15) is 25.3 Å². The number of para-hydroxylation sites is 1. The molecule has 2 rings (SSSR count). The quantitative estimate of drug-likeness (QED) is 0.877. The second-order valence-corrected chi connectivity index (χ2v) is 5.17. The summed E-state index contributed by atoms with van der Waals surface area (Å²) in [6, 6.07) is 4.58. The highest BCUT2D eigenvalue weighted by atomic mass is 19.4. The van der Waals surface area contributed by atoms with E-state index in [1.807, 2.05) is 6.92 Å². The predicted molar refractivity (Wildman–Crippen MR) is 70.3 cm³/mol. The summed E-state index contributed by atoms with van der Waals surface area (Å²) in [5.41, 5.74) is -1.01. The molecule has 1 heterocycles. The lowest BCUT2D eigenvalue weighted by atomic mass is 9.94. The number of hydrogen-bond donors (Lipinski definition) is 2. The molecule has 6 heteroatoms. The second-order valence-electron chi connectivity index (χ2n) is 5.17. The van der Waals surface area contributed by atoms with E-state index in [9.17, 15) is 18.0 Å². The van der Waals surface area contributed by atoms with E-state index in [4.69, 9.17) is 0 Å². The Kier molecular flexibility index (Phi) is 4.32. The molecule has 1 aliphatic heterocycles. The summed E-state index contributed by atoms with van der Waals surface area (Å²) in [5.74, 6) is -0.0156. The number of carbonyl (C=O) groups excluding carboxylic acids is 1. The number of halogens is 3. The van der Waals surface area contributed by atoms with Gasteiger partial charge in [-0.15, -0.1) is 0 Å². The van der Waals surface area contributed by atoms with Crippen molar-refractivity contribution < 1.29 is 18.0 Å². The maximum absolute atomic E-state index is 12.8. The summed E-state index contributed by atoms with van der Waals surface area (Å²) in [5, 5.41) is 5.42. The Morgan fingerprint density at radius 1 is 1.35 bits per heavy atom. The van der Waals surface area contributed by atoms with Crippen LogP contribution in [0.2, 0.25) is 0 Å². The van der Waals surface area contributed by atoms with Gasteiger partial charge in [0.1, 0.15) is 0 Å². The summed E-state index contributed by atoms with van der Waals surface area (Å²) in [6.45, 7) is 2.74. The highest BCUT2D eigenvalue weighted by Gasteiger charge is 2.34. The van der Waals surface area contributed by atoms with Gasteiger partial charge in [0.15, 0.2) is 0 Å². The summed E-state index contributed by atoms with van der Waals surface area (Å²) < 4.78 is 38.5. The van der Waals surface area contributed by atoms with E-state index in [1.54, 1.807) is 0 Å². The van der Waals surface area contributed by atoms with E-state index in [1.165, 1.54) is 18.2 Å². The molecule has 0 radical (unpaired) electrons. The zero-order chi connectivity index (χ0) is 14.8. The minimum Gasteiger partial charge on any atom is -0.324 e. The second kappa shape index (κ2) is 5.83. The van der Waals surface area contributed by atoms with E-state index in [2.05, 4.69) is 10.6 Å². The molecule has 2 N–H and O–H groups in total. The Morgan fingerprint density at radius 2 is 2.05 bits per heavy atom. The molecular weight excluding hydrogens is 269 g/mol. The maximum Gasteiger partial charge on any atom is 0.418 e. The first kappa shape index (κ1) is 14.8. The van der Waals surface area contributed by atoms with Gasteiger partial charge in [-0.1, -0.05) is 19.1 Å². The lowest BCUT2D eigenvalue weighted by Crippen LogP contribution is -2.45. The van der Waals surface area contributed by atoms with Crippen LogP contribution in [0.15, 0.2) is 24.3 Å². The van der Waals surface area contributed by atoms with Gasteiger partial charge >= 0.3 is 6.18 Å². The lowest BCUT2D eigenvalue weighted by Gasteiger charge is -2.27. The van der Waals surface area contributed by atoms with E-state index in [-0.39, 0.29) is 5.69 Å². The Balaban J connectivity index is 2.12.